The molecule has 0 saturated heterocycles. The lowest BCUT2D eigenvalue weighted by molar-refractivity contribution is 0.750. The Morgan fingerprint density at radius 2 is 2.00 bits per heavy atom. The molecule has 0 radical (unpaired) electrons. The van der Waals surface area contributed by atoms with E-state index in [1.54, 1.807) is 4.68 Å². The highest BCUT2D eigenvalue weighted by Crippen LogP contribution is 2.15. The second-order valence-corrected chi connectivity index (χ2v) is 4.03. The van der Waals surface area contributed by atoms with Crippen LogP contribution in [0.2, 0.25) is 0 Å². The lowest BCUT2D eigenvalue weighted by atomic mass is 10.2. The van der Waals surface area contributed by atoms with Crippen LogP contribution in [-0.4, -0.2) is 27.0 Å². The maximum absolute atomic E-state index is 4.34. The van der Waals surface area contributed by atoms with Gasteiger partial charge in [-0.3, -0.25) is 0 Å². The smallest absolute Gasteiger partial charge is 0.176 e. The van der Waals surface area contributed by atoms with Gasteiger partial charge in [0.2, 0.25) is 0 Å². The van der Waals surface area contributed by atoms with Crippen LogP contribution in [0.5, 0.6) is 0 Å². The predicted octanol–water partition coefficient (Wildman–Crippen LogP) is 1.53. The molecule has 0 bridgehead atoms. The van der Waals surface area contributed by atoms with Crippen LogP contribution in [0, 0.1) is 0 Å². The van der Waals surface area contributed by atoms with E-state index in [1.165, 1.54) is 0 Å². The fourth-order valence-electron chi connectivity index (χ4n) is 1.90. The number of rotatable bonds is 3. The maximum Gasteiger partial charge on any atom is 0.176 e. The van der Waals surface area contributed by atoms with Gasteiger partial charge in [-0.15, -0.1) is 5.10 Å². The molecule has 0 fully saturated rings. The Labute approximate surface area is 104 Å². The van der Waals surface area contributed by atoms with E-state index in [9.17, 15) is 0 Å². The summed E-state index contributed by atoms with van der Waals surface area (Å²) in [5, 5.41) is 16.8. The van der Waals surface area contributed by atoms with E-state index in [1.807, 2.05) is 49.6 Å². The fraction of sp³-hybridized carbons (Fsp3) is 0.154. The summed E-state index contributed by atoms with van der Waals surface area (Å²) in [5.41, 5.74) is 1.95. The molecule has 5 heteroatoms. The van der Waals surface area contributed by atoms with E-state index in [2.05, 4.69) is 20.6 Å². The van der Waals surface area contributed by atoms with Gasteiger partial charge in [-0.05, 0) is 25.2 Å². The number of nitrogens with zero attached hydrogens (tertiary/aromatic N) is 4. The summed E-state index contributed by atoms with van der Waals surface area (Å²) in [7, 11) is 1.89. The van der Waals surface area contributed by atoms with E-state index in [4.69, 9.17) is 0 Å². The molecule has 1 aromatic carbocycles. The number of para-hydroxylation sites is 1. The molecule has 5 nitrogen and oxygen atoms in total. The highest BCUT2D eigenvalue weighted by Gasteiger charge is 2.05. The Bertz CT molecular complexity index is 656. The standard InChI is InChI=1S/C13H13N5/c1-14-9-11-6-7-13(17-16-11)18-12-5-3-2-4-10(12)8-15-18/h2-8,14H,9H2,1H3. The molecule has 2 heterocycles. The van der Waals surface area contributed by atoms with Crippen molar-refractivity contribution in [3.05, 3.63) is 48.3 Å². The third-order valence-corrected chi connectivity index (χ3v) is 2.76. The van der Waals surface area contributed by atoms with Crippen molar-refractivity contribution < 1.29 is 0 Å². The first-order chi connectivity index (χ1) is 8.88. The number of aromatic nitrogens is 4. The average Bonchev–Trinajstić information content (AvgIpc) is 2.84. The van der Waals surface area contributed by atoms with Crippen molar-refractivity contribution in [2.75, 3.05) is 7.05 Å². The zero-order chi connectivity index (χ0) is 12.4. The SMILES string of the molecule is CNCc1ccc(-n2ncc3ccccc32)nn1. The van der Waals surface area contributed by atoms with Crippen molar-refractivity contribution in [1.29, 1.82) is 0 Å². The van der Waals surface area contributed by atoms with Gasteiger partial charge in [0, 0.05) is 11.9 Å². The summed E-state index contributed by atoms with van der Waals surface area (Å²) in [6.45, 7) is 0.715. The molecule has 1 N–H and O–H groups in total. The van der Waals surface area contributed by atoms with Gasteiger partial charge in [-0.1, -0.05) is 18.2 Å². The molecule has 0 saturated carbocycles. The fourth-order valence-corrected chi connectivity index (χ4v) is 1.90. The van der Waals surface area contributed by atoms with Crippen LogP contribution < -0.4 is 5.32 Å². The number of hydrogen-bond donors (Lipinski definition) is 1. The van der Waals surface area contributed by atoms with Gasteiger partial charge < -0.3 is 5.32 Å². The maximum atomic E-state index is 4.34. The largest absolute Gasteiger partial charge is 0.314 e. The number of hydrogen-bond acceptors (Lipinski definition) is 4. The van der Waals surface area contributed by atoms with Crippen LogP contribution in [0.15, 0.2) is 42.6 Å². The lowest BCUT2D eigenvalue weighted by Crippen LogP contribution is -2.09. The Hall–Kier alpha value is -2.27. The van der Waals surface area contributed by atoms with Crippen molar-refractivity contribution in [2.24, 2.45) is 0 Å². The van der Waals surface area contributed by atoms with E-state index < -0.39 is 0 Å². The Balaban J connectivity index is 2.03. The normalized spacial score (nSPS) is 10.9. The molecular weight excluding hydrogens is 226 g/mol. The topological polar surface area (TPSA) is 55.6 Å². The van der Waals surface area contributed by atoms with Crippen LogP contribution in [0.25, 0.3) is 16.7 Å². The zero-order valence-electron chi connectivity index (χ0n) is 10.0. The summed E-state index contributed by atoms with van der Waals surface area (Å²) in [6, 6.07) is 11.9. The molecule has 0 unspecified atom stereocenters. The second kappa shape index (κ2) is 4.54. The van der Waals surface area contributed by atoms with E-state index in [0.717, 1.165) is 22.4 Å². The van der Waals surface area contributed by atoms with E-state index in [0.29, 0.717) is 6.54 Å². The number of benzene rings is 1. The summed E-state index contributed by atoms with van der Waals surface area (Å²) >= 11 is 0. The zero-order valence-corrected chi connectivity index (χ0v) is 10.0. The molecule has 18 heavy (non-hydrogen) atoms. The van der Waals surface area contributed by atoms with Gasteiger partial charge in [0.25, 0.3) is 0 Å². The van der Waals surface area contributed by atoms with Gasteiger partial charge in [-0.2, -0.15) is 10.2 Å². The molecule has 3 rings (SSSR count). The Morgan fingerprint density at radius 3 is 2.78 bits per heavy atom. The molecule has 0 aliphatic rings. The van der Waals surface area contributed by atoms with Gasteiger partial charge in [0.15, 0.2) is 5.82 Å². The summed E-state index contributed by atoms with van der Waals surface area (Å²) in [4.78, 5) is 0. The third kappa shape index (κ3) is 1.84. The third-order valence-electron chi connectivity index (χ3n) is 2.76. The van der Waals surface area contributed by atoms with Crippen LogP contribution in [0.3, 0.4) is 0 Å². The van der Waals surface area contributed by atoms with Crippen molar-refractivity contribution in [2.45, 2.75) is 6.54 Å². The average molecular weight is 239 g/mol. The minimum atomic E-state index is 0.715. The van der Waals surface area contributed by atoms with Gasteiger partial charge in [0.05, 0.1) is 17.4 Å². The lowest BCUT2D eigenvalue weighted by Gasteiger charge is -2.03. The molecule has 0 spiro atoms. The van der Waals surface area contributed by atoms with Gasteiger partial charge in [0.1, 0.15) is 0 Å². The van der Waals surface area contributed by atoms with Crippen LogP contribution in [0.1, 0.15) is 5.69 Å². The van der Waals surface area contributed by atoms with E-state index >= 15 is 0 Å². The summed E-state index contributed by atoms with van der Waals surface area (Å²) < 4.78 is 1.80. The molecule has 0 aliphatic heterocycles. The Morgan fingerprint density at radius 1 is 1.11 bits per heavy atom. The van der Waals surface area contributed by atoms with Crippen LogP contribution in [-0.2, 0) is 6.54 Å². The van der Waals surface area contributed by atoms with Crippen molar-refractivity contribution in [3.8, 4) is 5.82 Å². The monoisotopic (exact) mass is 239 g/mol. The van der Waals surface area contributed by atoms with Crippen LogP contribution in [0.4, 0.5) is 0 Å². The van der Waals surface area contributed by atoms with Gasteiger partial charge >= 0.3 is 0 Å². The van der Waals surface area contributed by atoms with Crippen molar-refractivity contribution in [3.63, 3.8) is 0 Å². The van der Waals surface area contributed by atoms with Gasteiger partial charge in [-0.25, -0.2) is 4.68 Å². The summed E-state index contributed by atoms with van der Waals surface area (Å²) in [6.07, 6.45) is 1.83. The first-order valence-corrected chi connectivity index (χ1v) is 5.79. The quantitative estimate of drug-likeness (QED) is 0.753. The van der Waals surface area contributed by atoms with E-state index in [-0.39, 0.29) is 0 Å². The first kappa shape index (κ1) is 10.9. The highest BCUT2D eigenvalue weighted by atomic mass is 15.3. The highest BCUT2D eigenvalue weighted by molar-refractivity contribution is 5.79. The molecule has 3 aromatic rings. The molecule has 0 amide bonds. The minimum absolute atomic E-state index is 0.715. The molecule has 90 valence electrons. The van der Waals surface area contributed by atoms with Crippen molar-refractivity contribution >= 4 is 10.9 Å². The van der Waals surface area contributed by atoms with Crippen molar-refractivity contribution in [1.82, 2.24) is 25.3 Å². The van der Waals surface area contributed by atoms with Crippen LogP contribution >= 0.6 is 0 Å². The molecule has 2 aromatic heterocycles. The number of fused-ring (bicyclic) bond motifs is 1. The predicted molar refractivity (Wildman–Crippen MR) is 69.4 cm³/mol. The molecule has 0 aliphatic carbocycles. The first-order valence-electron chi connectivity index (χ1n) is 5.79. The molecular formula is C13H13N5. The summed E-state index contributed by atoms with van der Waals surface area (Å²) in [5.74, 6) is 0.732. The minimum Gasteiger partial charge on any atom is -0.314 e. The second-order valence-electron chi connectivity index (χ2n) is 4.03. The molecule has 0 atom stereocenters. The number of nitrogens with one attached hydrogen (secondary N) is 1. The Kier molecular flexibility index (Phi) is 2.74.